The van der Waals surface area contributed by atoms with Crippen molar-refractivity contribution in [3.05, 3.63) is 52.2 Å². The largest absolute Gasteiger partial charge is 0.465 e. The molecular weight excluding hydrogens is 342 g/mol. The number of ether oxygens (including phenoxy) is 1. The van der Waals surface area contributed by atoms with E-state index in [-0.39, 0.29) is 12.5 Å². The number of methoxy groups -OCH3 is 1. The maximum absolute atomic E-state index is 12.0. The Hall–Kier alpha value is -3.07. The van der Waals surface area contributed by atoms with Gasteiger partial charge in [0.05, 0.1) is 12.7 Å². The molecule has 0 atom stereocenters. The van der Waals surface area contributed by atoms with Crippen LogP contribution in [0.4, 0.5) is 0 Å². The molecular formula is C16H15N5O3S. The molecule has 8 nitrogen and oxygen atoms in total. The molecule has 0 bridgehead atoms. The minimum atomic E-state index is -0.394. The fourth-order valence-electron chi connectivity index (χ4n) is 2.08. The molecule has 1 N–H and O–H groups in total. The number of hydrogen-bond donors (Lipinski definition) is 1. The van der Waals surface area contributed by atoms with Crippen molar-refractivity contribution in [1.82, 2.24) is 25.5 Å². The highest BCUT2D eigenvalue weighted by Gasteiger charge is 2.10. The van der Waals surface area contributed by atoms with Gasteiger partial charge in [0.1, 0.15) is 6.54 Å². The van der Waals surface area contributed by atoms with E-state index in [1.165, 1.54) is 11.9 Å². The monoisotopic (exact) mass is 357 g/mol. The first-order valence-corrected chi connectivity index (χ1v) is 8.34. The molecule has 0 spiro atoms. The Morgan fingerprint density at radius 3 is 2.72 bits per heavy atom. The number of aromatic nitrogens is 4. The molecule has 0 aliphatic rings. The number of rotatable bonds is 6. The van der Waals surface area contributed by atoms with Gasteiger partial charge in [-0.15, -0.1) is 10.2 Å². The SMILES string of the molecule is COC(=O)c1ccc(CNC(=O)Cn2nnc(-c3ccsc3)n2)cc1. The zero-order valence-electron chi connectivity index (χ0n) is 13.4. The van der Waals surface area contributed by atoms with E-state index in [0.29, 0.717) is 17.9 Å². The Morgan fingerprint density at radius 2 is 2.04 bits per heavy atom. The zero-order valence-corrected chi connectivity index (χ0v) is 14.2. The molecule has 1 amide bonds. The molecule has 1 aromatic carbocycles. The van der Waals surface area contributed by atoms with Gasteiger partial charge in [0.2, 0.25) is 11.7 Å². The van der Waals surface area contributed by atoms with Crippen LogP contribution in [0.3, 0.4) is 0 Å². The molecule has 0 aliphatic heterocycles. The summed E-state index contributed by atoms with van der Waals surface area (Å²) >= 11 is 1.54. The van der Waals surface area contributed by atoms with Crippen molar-refractivity contribution in [3.8, 4) is 11.4 Å². The molecule has 2 heterocycles. The highest BCUT2D eigenvalue weighted by Crippen LogP contribution is 2.16. The van der Waals surface area contributed by atoms with Crippen LogP contribution in [0.1, 0.15) is 15.9 Å². The lowest BCUT2D eigenvalue weighted by molar-refractivity contribution is -0.122. The molecule has 9 heteroatoms. The van der Waals surface area contributed by atoms with Crippen molar-refractivity contribution in [2.45, 2.75) is 13.1 Å². The number of benzene rings is 1. The van der Waals surface area contributed by atoms with Gasteiger partial charge in [-0.2, -0.15) is 16.1 Å². The molecule has 0 fully saturated rings. The van der Waals surface area contributed by atoms with Crippen LogP contribution in [0.25, 0.3) is 11.4 Å². The standard InChI is InChI=1S/C16H15N5O3S/c1-24-16(23)12-4-2-11(3-5-12)8-17-14(22)9-21-19-15(18-20-21)13-6-7-25-10-13/h2-7,10H,8-9H2,1H3,(H,17,22). The van der Waals surface area contributed by atoms with Gasteiger partial charge in [0.25, 0.3) is 0 Å². The smallest absolute Gasteiger partial charge is 0.337 e. The van der Waals surface area contributed by atoms with Gasteiger partial charge >= 0.3 is 5.97 Å². The van der Waals surface area contributed by atoms with Crippen LogP contribution in [-0.4, -0.2) is 39.2 Å². The molecule has 0 saturated carbocycles. The van der Waals surface area contributed by atoms with Gasteiger partial charge in [-0.05, 0) is 34.4 Å². The van der Waals surface area contributed by atoms with Crippen LogP contribution in [0, 0.1) is 0 Å². The molecule has 0 saturated heterocycles. The lowest BCUT2D eigenvalue weighted by Crippen LogP contribution is -2.28. The first-order valence-electron chi connectivity index (χ1n) is 7.40. The van der Waals surface area contributed by atoms with Crippen LogP contribution < -0.4 is 5.32 Å². The summed E-state index contributed by atoms with van der Waals surface area (Å²) in [6.07, 6.45) is 0. The first-order chi connectivity index (χ1) is 12.2. The Balaban J connectivity index is 1.52. The van der Waals surface area contributed by atoms with Crippen LogP contribution >= 0.6 is 11.3 Å². The number of tetrazole rings is 1. The third kappa shape index (κ3) is 4.27. The fraction of sp³-hybridized carbons (Fsp3) is 0.188. The molecule has 0 unspecified atom stereocenters. The zero-order chi connectivity index (χ0) is 17.6. The van der Waals surface area contributed by atoms with Crippen molar-refractivity contribution in [1.29, 1.82) is 0 Å². The number of nitrogens with zero attached hydrogens (tertiary/aromatic N) is 4. The van der Waals surface area contributed by atoms with Crippen molar-refractivity contribution >= 4 is 23.2 Å². The van der Waals surface area contributed by atoms with Gasteiger partial charge in [0.15, 0.2) is 0 Å². The number of carbonyl (C=O) groups excluding carboxylic acids is 2. The maximum Gasteiger partial charge on any atom is 0.337 e. The topological polar surface area (TPSA) is 99.0 Å². The summed E-state index contributed by atoms with van der Waals surface area (Å²) in [5.41, 5.74) is 2.21. The summed E-state index contributed by atoms with van der Waals surface area (Å²) in [5, 5.41) is 18.6. The van der Waals surface area contributed by atoms with E-state index < -0.39 is 5.97 Å². The number of nitrogens with one attached hydrogen (secondary N) is 1. The van der Waals surface area contributed by atoms with Crippen molar-refractivity contribution < 1.29 is 14.3 Å². The van der Waals surface area contributed by atoms with Crippen molar-refractivity contribution in [2.75, 3.05) is 7.11 Å². The Morgan fingerprint density at radius 1 is 1.24 bits per heavy atom. The molecule has 25 heavy (non-hydrogen) atoms. The van der Waals surface area contributed by atoms with E-state index in [1.807, 2.05) is 16.8 Å². The predicted octanol–water partition coefficient (Wildman–Crippen LogP) is 1.50. The summed E-state index contributed by atoms with van der Waals surface area (Å²) in [6.45, 7) is 0.323. The van der Waals surface area contributed by atoms with E-state index in [0.717, 1.165) is 11.1 Å². The van der Waals surface area contributed by atoms with E-state index in [9.17, 15) is 9.59 Å². The normalized spacial score (nSPS) is 10.4. The lowest BCUT2D eigenvalue weighted by atomic mass is 10.1. The average molecular weight is 357 g/mol. The highest BCUT2D eigenvalue weighted by molar-refractivity contribution is 7.08. The molecule has 3 rings (SSSR count). The number of esters is 1. The van der Waals surface area contributed by atoms with Gasteiger partial charge in [-0.1, -0.05) is 12.1 Å². The van der Waals surface area contributed by atoms with Crippen LogP contribution in [0.2, 0.25) is 0 Å². The Bertz CT molecular complexity index is 858. The summed E-state index contributed by atoms with van der Waals surface area (Å²) in [7, 11) is 1.33. The molecule has 128 valence electrons. The van der Waals surface area contributed by atoms with Crippen molar-refractivity contribution in [3.63, 3.8) is 0 Å². The maximum atomic E-state index is 12.0. The highest BCUT2D eigenvalue weighted by atomic mass is 32.1. The Kier molecular flexibility index (Phi) is 5.14. The number of carbonyl (C=O) groups is 2. The van der Waals surface area contributed by atoms with E-state index >= 15 is 0 Å². The minimum Gasteiger partial charge on any atom is -0.465 e. The van der Waals surface area contributed by atoms with Crippen LogP contribution in [-0.2, 0) is 22.6 Å². The summed E-state index contributed by atoms with van der Waals surface area (Å²) in [6, 6.07) is 8.72. The third-order valence-electron chi connectivity index (χ3n) is 3.38. The summed E-state index contributed by atoms with van der Waals surface area (Å²) < 4.78 is 4.64. The van der Waals surface area contributed by atoms with Gasteiger partial charge in [-0.25, -0.2) is 4.79 Å². The fourth-order valence-corrected chi connectivity index (χ4v) is 2.71. The van der Waals surface area contributed by atoms with Crippen LogP contribution in [0.15, 0.2) is 41.1 Å². The summed E-state index contributed by atoms with van der Waals surface area (Å²) in [5.74, 6) is -0.131. The average Bonchev–Trinajstić information content (AvgIpc) is 3.31. The van der Waals surface area contributed by atoms with Gasteiger partial charge < -0.3 is 10.1 Å². The second kappa shape index (κ2) is 7.67. The van der Waals surface area contributed by atoms with Crippen LogP contribution in [0.5, 0.6) is 0 Å². The van der Waals surface area contributed by atoms with Gasteiger partial charge in [-0.3, -0.25) is 4.79 Å². The number of amides is 1. The molecule has 0 radical (unpaired) electrons. The second-order valence-electron chi connectivity index (χ2n) is 5.12. The molecule has 3 aromatic rings. The number of thiophene rings is 1. The van der Waals surface area contributed by atoms with E-state index in [2.05, 4.69) is 25.5 Å². The molecule has 0 aliphatic carbocycles. The van der Waals surface area contributed by atoms with Crippen molar-refractivity contribution in [2.24, 2.45) is 0 Å². The summed E-state index contributed by atoms with van der Waals surface area (Å²) in [4.78, 5) is 24.6. The minimum absolute atomic E-state index is 0.0165. The predicted molar refractivity (Wildman–Crippen MR) is 90.8 cm³/mol. The van der Waals surface area contributed by atoms with Gasteiger partial charge in [0, 0.05) is 17.5 Å². The van der Waals surface area contributed by atoms with E-state index in [1.54, 1.807) is 35.6 Å². The second-order valence-corrected chi connectivity index (χ2v) is 5.90. The lowest BCUT2D eigenvalue weighted by Gasteiger charge is -2.05. The molecule has 2 aromatic heterocycles. The Labute approximate surface area is 147 Å². The third-order valence-corrected chi connectivity index (χ3v) is 4.07. The quantitative estimate of drug-likeness (QED) is 0.671. The first kappa shape index (κ1) is 16.8. The number of hydrogen-bond acceptors (Lipinski definition) is 7. The van der Waals surface area contributed by atoms with E-state index in [4.69, 9.17) is 0 Å².